The molecule has 0 aliphatic carbocycles. The van der Waals surface area contributed by atoms with Crippen molar-refractivity contribution in [3.8, 4) is 78.3 Å². The Balaban J connectivity index is 0.00000560. The summed E-state index contributed by atoms with van der Waals surface area (Å²) in [5, 5.41) is 1.82. The van der Waals surface area contributed by atoms with Gasteiger partial charge in [-0.1, -0.05) is 157 Å². The van der Waals surface area contributed by atoms with E-state index >= 15 is 0 Å². The van der Waals surface area contributed by atoms with E-state index in [1.54, 1.807) is 0 Å². The van der Waals surface area contributed by atoms with Crippen molar-refractivity contribution < 1.29 is 24.5 Å². The Labute approximate surface area is 433 Å². The van der Waals surface area contributed by atoms with Crippen LogP contribution in [0.4, 0.5) is 0 Å². The van der Waals surface area contributed by atoms with Crippen LogP contribution in [0.15, 0.2) is 229 Å². The first kappa shape index (κ1) is 46.0. The molecule has 0 saturated heterocycles. The van der Waals surface area contributed by atoms with Crippen LogP contribution in [-0.4, -0.2) is 19.9 Å². The third-order valence-electron chi connectivity index (χ3n) is 13.2. The van der Waals surface area contributed by atoms with E-state index in [-0.39, 0.29) is 20.1 Å². The fourth-order valence-electron chi connectivity index (χ4n) is 9.52. The van der Waals surface area contributed by atoms with E-state index < -0.39 is 0 Å². The van der Waals surface area contributed by atoms with E-state index in [1.165, 1.54) is 33.4 Å². The molecule has 0 saturated carbocycles. The first-order valence-corrected chi connectivity index (χ1v) is 24.1. The third-order valence-corrected chi connectivity index (χ3v) is 13.2. The summed E-state index contributed by atoms with van der Waals surface area (Å²) in [6.45, 7) is 0. The summed E-state index contributed by atoms with van der Waals surface area (Å²) in [6, 6.07) is 80.2. The molecule has 12 aromatic rings. The van der Waals surface area contributed by atoms with Crippen LogP contribution < -0.4 is 0 Å². The van der Waals surface area contributed by atoms with E-state index in [0.717, 1.165) is 109 Å². The zero-order valence-electron chi connectivity index (χ0n) is 39.2. The van der Waals surface area contributed by atoms with Gasteiger partial charge < -0.3 is 19.4 Å². The molecular formula is C66H45IrN4O. The Morgan fingerprint density at radius 1 is 0.361 bits per heavy atom. The number of nitrogens with zero attached hydrogens (tertiary/aromatic N) is 4. The summed E-state index contributed by atoms with van der Waals surface area (Å²) < 4.78 is 6.08. The molecule has 0 amide bonds. The quantitative estimate of drug-likeness (QED) is 0.108. The summed E-state index contributed by atoms with van der Waals surface area (Å²) in [5.74, 6) is 0. The van der Waals surface area contributed by atoms with Crippen molar-refractivity contribution in [2.45, 2.75) is 25.7 Å². The average molecular weight is 1100 g/mol. The predicted molar refractivity (Wildman–Crippen MR) is 287 cm³/mol. The number of para-hydroxylation sites is 1. The zero-order chi connectivity index (χ0) is 47.3. The largest absolute Gasteiger partial charge is 3.00 e. The van der Waals surface area contributed by atoms with Crippen LogP contribution in [-0.2, 0) is 45.8 Å². The Morgan fingerprint density at radius 2 is 0.931 bits per heavy atom. The molecule has 0 bridgehead atoms. The molecule has 5 heterocycles. The van der Waals surface area contributed by atoms with Crippen LogP contribution in [0, 0.1) is 18.2 Å². The monoisotopic (exact) mass is 1100 g/mol. The molecule has 0 aliphatic heterocycles. The maximum absolute atomic E-state index is 6.08. The molecule has 0 spiro atoms. The molecule has 344 valence electrons. The maximum Gasteiger partial charge on any atom is 3.00 e. The molecule has 72 heavy (non-hydrogen) atoms. The normalized spacial score (nSPS) is 11.2. The van der Waals surface area contributed by atoms with Crippen LogP contribution in [0.2, 0.25) is 0 Å². The fraction of sp³-hybridized carbons (Fsp3) is 0.0606. The van der Waals surface area contributed by atoms with Crippen LogP contribution in [0.3, 0.4) is 0 Å². The number of aryl methyl sites for hydroxylation is 4. The van der Waals surface area contributed by atoms with Crippen molar-refractivity contribution in [2.75, 3.05) is 0 Å². The first-order valence-electron chi connectivity index (χ1n) is 24.1. The van der Waals surface area contributed by atoms with Crippen LogP contribution >= 0.6 is 0 Å². The van der Waals surface area contributed by atoms with E-state index in [0.29, 0.717) is 5.71 Å². The fourth-order valence-corrected chi connectivity index (χ4v) is 9.52. The van der Waals surface area contributed by atoms with E-state index in [1.807, 2.05) is 91.5 Å². The van der Waals surface area contributed by atoms with Crippen LogP contribution in [0.25, 0.3) is 100 Å². The Morgan fingerprint density at radius 3 is 1.57 bits per heavy atom. The van der Waals surface area contributed by atoms with Gasteiger partial charge in [-0.2, -0.15) is 0 Å². The molecular weight excluding hydrogens is 1060 g/mol. The number of furan rings is 1. The van der Waals surface area contributed by atoms with E-state index in [9.17, 15) is 0 Å². The van der Waals surface area contributed by atoms with Crippen molar-refractivity contribution in [3.05, 3.63) is 265 Å². The van der Waals surface area contributed by atoms with Gasteiger partial charge in [-0.3, -0.25) is 4.98 Å². The van der Waals surface area contributed by atoms with Crippen LogP contribution in [0.5, 0.6) is 0 Å². The summed E-state index contributed by atoms with van der Waals surface area (Å²) >= 11 is 0. The van der Waals surface area contributed by atoms with Gasteiger partial charge in [0.2, 0.25) is 0 Å². The van der Waals surface area contributed by atoms with Gasteiger partial charge in [0.1, 0.15) is 0 Å². The minimum absolute atomic E-state index is 0. The molecule has 6 heteroatoms. The van der Waals surface area contributed by atoms with E-state index in [4.69, 9.17) is 24.4 Å². The van der Waals surface area contributed by atoms with Crippen molar-refractivity contribution in [2.24, 2.45) is 0 Å². The second-order valence-electron chi connectivity index (χ2n) is 17.9. The Hall–Kier alpha value is -8.41. The number of fused-ring (bicyclic) bond motifs is 3. The predicted octanol–water partition coefficient (Wildman–Crippen LogP) is 15.8. The molecule has 0 N–H and O–H groups in total. The van der Waals surface area contributed by atoms with Crippen LogP contribution in [0.1, 0.15) is 22.3 Å². The van der Waals surface area contributed by atoms with Gasteiger partial charge in [0.25, 0.3) is 0 Å². The topological polar surface area (TPSA) is 64.7 Å². The molecule has 0 unspecified atom stereocenters. The molecule has 0 fully saturated rings. The van der Waals surface area contributed by atoms with Crippen molar-refractivity contribution >= 4 is 22.1 Å². The molecule has 0 aliphatic rings. The average Bonchev–Trinajstić information content (AvgIpc) is 3.83. The molecule has 7 aromatic carbocycles. The zero-order valence-corrected chi connectivity index (χ0v) is 41.6. The number of hydrogen-bond donors (Lipinski definition) is 0. The van der Waals surface area contributed by atoms with E-state index in [2.05, 4.69) is 152 Å². The number of rotatable bonds is 13. The van der Waals surface area contributed by atoms with Gasteiger partial charge in [0.15, 0.2) is 5.71 Å². The molecule has 12 rings (SSSR count). The maximum atomic E-state index is 6.08. The minimum atomic E-state index is 0. The summed E-state index contributed by atoms with van der Waals surface area (Å²) in [6.07, 6.45) is 11.3. The van der Waals surface area contributed by atoms with Gasteiger partial charge in [0.05, 0.1) is 5.58 Å². The SMILES string of the molecule is [Ir+3].[c-]1ccccc1-c1ccc(CCc2cc(CCc3ccc(-c4[c-]cccc4)nc3)cc(-c3ccccc3-c3cnc(-c4[c-]c5c(nc4)oc4ccccc45)cc3-c3ccc(-c4ccccc4)cc3)c2)cn1. The number of benzene rings is 7. The number of hydrogen-bond acceptors (Lipinski definition) is 5. The Kier molecular flexibility index (Phi) is 13.4. The molecule has 0 atom stereocenters. The Bertz CT molecular complexity index is 3680. The van der Waals surface area contributed by atoms with Crippen molar-refractivity contribution in [1.82, 2.24) is 19.9 Å². The smallest absolute Gasteiger partial charge is 0.482 e. The number of pyridine rings is 4. The van der Waals surface area contributed by atoms with Crippen molar-refractivity contribution in [1.29, 1.82) is 0 Å². The van der Waals surface area contributed by atoms with Gasteiger partial charge in [-0.15, -0.1) is 77.9 Å². The summed E-state index contributed by atoms with van der Waals surface area (Å²) in [4.78, 5) is 19.6. The third kappa shape index (κ3) is 9.84. The van der Waals surface area contributed by atoms with Gasteiger partial charge in [-0.05, 0) is 116 Å². The summed E-state index contributed by atoms with van der Waals surface area (Å²) in [5.41, 5.74) is 20.7. The van der Waals surface area contributed by atoms with Crippen molar-refractivity contribution in [3.63, 3.8) is 0 Å². The minimum Gasteiger partial charge on any atom is -0.482 e. The molecule has 5 nitrogen and oxygen atoms in total. The number of aromatic nitrogens is 4. The van der Waals surface area contributed by atoms with Gasteiger partial charge in [-0.25, -0.2) is 0 Å². The first-order chi connectivity index (χ1) is 35.1. The van der Waals surface area contributed by atoms with Gasteiger partial charge in [0, 0.05) is 29.8 Å². The second kappa shape index (κ2) is 20.9. The summed E-state index contributed by atoms with van der Waals surface area (Å²) in [7, 11) is 0. The second-order valence-corrected chi connectivity index (χ2v) is 17.9. The van der Waals surface area contributed by atoms with Gasteiger partial charge >= 0.3 is 20.1 Å². The molecule has 0 radical (unpaired) electrons. The standard InChI is InChI=1S/C66H45N4O.Ir/c1-4-14-49(15-5-1)50-30-32-51(33-31-50)59-40-64(55-39-60-58-22-12-13-23-65(58)71-66(60)70-43-55)69-44-61(59)57-21-11-10-20-56(57)54-37-47(26-24-45-28-34-62(67-41-45)52-16-6-2-7-17-52)36-48(38-54)27-25-46-29-35-63(68-42-46)53-18-8-3-9-19-53;/h1-16,18,20-23,28-38,40-44H,24-27H2;/q-3;+3. The molecule has 5 aromatic heterocycles.